The molecule has 1 saturated heterocycles. The molecule has 2 aliphatic rings. The van der Waals surface area contributed by atoms with Crippen molar-refractivity contribution in [2.45, 2.75) is 36.6 Å². The third-order valence-corrected chi connectivity index (χ3v) is 7.00. The Morgan fingerprint density at radius 2 is 1.58 bits per heavy atom. The van der Waals surface area contributed by atoms with E-state index in [9.17, 15) is 8.42 Å². The molecule has 0 bridgehead atoms. The number of nitrogens with zero attached hydrogens (tertiary/aromatic N) is 2. The fraction of sp³-hybridized carbons (Fsp3) is 0.647. The van der Waals surface area contributed by atoms with E-state index in [1.807, 2.05) is 0 Å². The van der Waals surface area contributed by atoms with Gasteiger partial charge in [0, 0.05) is 38.3 Å². The molecule has 1 saturated carbocycles. The molecule has 0 unspecified atom stereocenters. The lowest BCUT2D eigenvalue weighted by atomic mass is 10.2. The van der Waals surface area contributed by atoms with Crippen LogP contribution in [0.15, 0.2) is 23.1 Å². The van der Waals surface area contributed by atoms with Crippen LogP contribution >= 0.6 is 0 Å². The number of hydrogen-bond acceptors (Lipinski definition) is 5. The minimum absolute atomic E-state index is 0.259. The summed E-state index contributed by atoms with van der Waals surface area (Å²) in [6.07, 6.45) is 5.11. The summed E-state index contributed by atoms with van der Waals surface area (Å²) in [5.41, 5.74) is 0. The Bertz CT molecular complexity index is 663. The molecule has 1 aliphatic heterocycles. The Hall–Kier alpha value is -1.31. The second-order valence-electron chi connectivity index (χ2n) is 6.40. The van der Waals surface area contributed by atoms with Crippen molar-refractivity contribution in [2.24, 2.45) is 0 Å². The predicted molar refractivity (Wildman–Crippen MR) is 92.1 cm³/mol. The first-order valence-electron chi connectivity index (χ1n) is 8.52. The standard InChI is InChI=1S/C17H26N2O4S/c1-22-16-8-7-15(13-17(16)23-2)24(20,21)19-11-9-18(10-12-19)14-5-3-4-6-14/h7-8,13-14H,3-6,9-12H2,1-2H3. The monoisotopic (exact) mass is 354 g/mol. The van der Waals surface area contributed by atoms with Gasteiger partial charge in [-0.1, -0.05) is 12.8 Å². The summed E-state index contributed by atoms with van der Waals surface area (Å²) >= 11 is 0. The molecular weight excluding hydrogens is 328 g/mol. The highest BCUT2D eigenvalue weighted by Gasteiger charge is 2.32. The summed E-state index contributed by atoms with van der Waals surface area (Å²) in [4.78, 5) is 2.71. The van der Waals surface area contributed by atoms with Gasteiger partial charge in [-0.2, -0.15) is 4.31 Å². The van der Waals surface area contributed by atoms with Crippen molar-refractivity contribution in [3.05, 3.63) is 18.2 Å². The van der Waals surface area contributed by atoms with E-state index in [4.69, 9.17) is 9.47 Å². The van der Waals surface area contributed by atoms with E-state index < -0.39 is 10.0 Å². The van der Waals surface area contributed by atoms with Crippen molar-refractivity contribution in [3.8, 4) is 11.5 Å². The number of methoxy groups -OCH3 is 2. The van der Waals surface area contributed by atoms with Crippen molar-refractivity contribution in [1.29, 1.82) is 0 Å². The zero-order chi connectivity index (χ0) is 17.2. The van der Waals surface area contributed by atoms with Crippen LogP contribution in [0.5, 0.6) is 11.5 Å². The van der Waals surface area contributed by atoms with Crippen molar-refractivity contribution in [1.82, 2.24) is 9.21 Å². The maximum atomic E-state index is 12.9. The van der Waals surface area contributed by atoms with E-state index in [-0.39, 0.29) is 4.90 Å². The molecule has 134 valence electrons. The van der Waals surface area contributed by atoms with Crippen LogP contribution in [0.3, 0.4) is 0 Å². The van der Waals surface area contributed by atoms with Gasteiger partial charge in [0.25, 0.3) is 0 Å². The first-order valence-corrected chi connectivity index (χ1v) is 9.96. The summed E-state index contributed by atoms with van der Waals surface area (Å²) in [6.45, 7) is 2.73. The Kier molecular flexibility index (Phi) is 5.32. The number of rotatable bonds is 5. The first kappa shape index (κ1) is 17.5. The fourth-order valence-corrected chi connectivity index (χ4v) is 5.14. The molecule has 3 rings (SSSR count). The molecule has 0 N–H and O–H groups in total. The second kappa shape index (κ2) is 7.29. The summed E-state index contributed by atoms with van der Waals surface area (Å²) in [7, 11) is -0.451. The average Bonchev–Trinajstić information content (AvgIpc) is 3.15. The molecule has 0 amide bonds. The van der Waals surface area contributed by atoms with Gasteiger partial charge in [0.05, 0.1) is 19.1 Å². The van der Waals surface area contributed by atoms with Gasteiger partial charge >= 0.3 is 0 Å². The van der Waals surface area contributed by atoms with Crippen molar-refractivity contribution in [2.75, 3.05) is 40.4 Å². The van der Waals surface area contributed by atoms with Crippen LogP contribution in [-0.4, -0.2) is 64.1 Å². The third kappa shape index (κ3) is 3.38. The number of hydrogen-bond donors (Lipinski definition) is 0. The zero-order valence-corrected chi connectivity index (χ0v) is 15.2. The van der Waals surface area contributed by atoms with E-state index in [1.165, 1.54) is 46.0 Å². The highest BCUT2D eigenvalue weighted by molar-refractivity contribution is 7.89. The number of sulfonamides is 1. The van der Waals surface area contributed by atoms with Crippen molar-refractivity contribution in [3.63, 3.8) is 0 Å². The Morgan fingerprint density at radius 1 is 0.958 bits per heavy atom. The van der Waals surface area contributed by atoms with Crippen LogP contribution in [0.4, 0.5) is 0 Å². The zero-order valence-electron chi connectivity index (χ0n) is 14.4. The van der Waals surface area contributed by atoms with Crippen LogP contribution in [-0.2, 0) is 10.0 Å². The molecule has 0 aromatic heterocycles. The van der Waals surface area contributed by atoms with Gasteiger partial charge in [-0.25, -0.2) is 8.42 Å². The highest BCUT2D eigenvalue weighted by Crippen LogP contribution is 2.31. The van der Waals surface area contributed by atoms with Gasteiger partial charge < -0.3 is 9.47 Å². The normalized spacial score (nSPS) is 21.1. The van der Waals surface area contributed by atoms with Gasteiger partial charge in [0.2, 0.25) is 10.0 Å². The van der Waals surface area contributed by atoms with E-state index in [0.29, 0.717) is 30.6 Å². The van der Waals surface area contributed by atoms with Crippen LogP contribution < -0.4 is 9.47 Å². The maximum Gasteiger partial charge on any atom is 0.243 e. The van der Waals surface area contributed by atoms with Crippen LogP contribution in [0.25, 0.3) is 0 Å². The topological polar surface area (TPSA) is 59.1 Å². The molecule has 1 aromatic rings. The number of ether oxygens (including phenoxy) is 2. The largest absolute Gasteiger partial charge is 0.493 e. The van der Waals surface area contributed by atoms with E-state index >= 15 is 0 Å². The lowest BCUT2D eigenvalue weighted by Crippen LogP contribution is -2.51. The van der Waals surface area contributed by atoms with Crippen LogP contribution in [0, 0.1) is 0 Å². The molecule has 0 radical (unpaired) electrons. The van der Waals surface area contributed by atoms with Gasteiger partial charge in [-0.15, -0.1) is 0 Å². The smallest absolute Gasteiger partial charge is 0.243 e. The molecule has 1 aliphatic carbocycles. The molecule has 24 heavy (non-hydrogen) atoms. The predicted octanol–water partition coefficient (Wildman–Crippen LogP) is 1.95. The van der Waals surface area contributed by atoms with Crippen molar-refractivity contribution >= 4 is 10.0 Å². The highest BCUT2D eigenvalue weighted by atomic mass is 32.2. The summed E-state index contributed by atoms with van der Waals surface area (Å²) in [5, 5.41) is 0. The quantitative estimate of drug-likeness (QED) is 0.809. The summed E-state index contributed by atoms with van der Waals surface area (Å²) < 4.78 is 37.8. The maximum absolute atomic E-state index is 12.9. The van der Waals surface area contributed by atoms with Gasteiger partial charge in [-0.3, -0.25) is 4.90 Å². The van der Waals surface area contributed by atoms with Crippen molar-refractivity contribution < 1.29 is 17.9 Å². The SMILES string of the molecule is COc1ccc(S(=O)(=O)N2CCN(C3CCCC3)CC2)cc1OC. The molecule has 6 nitrogen and oxygen atoms in total. The summed E-state index contributed by atoms with van der Waals surface area (Å²) in [5.74, 6) is 0.964. The lowest BCUT2D eigenvalue weighted by molar-refractivity contribution is 0.139. The Balaban J connectivity index is 1.72. The Morgan fingerprint density at radius 3 is 2.17 bits per heavy atom. The van der Waals surface area contributed by atoms with E-state index in [2.05, 4.69) is 4.90 Å². The molecule has 0 atom stereocenters. The van der Waals surface area contributed by atoms with E-state index in [1.54, 1.807) is 16.4 Å². The first-order chi connectivity index (χ1) is 11.6. The van der Waals surface area contributed by atoms with Gasteiger partial charge in [-0.05, 0) is 25.0 Å². The van der Waals surface area contributed by atoms with Gasteiger partial charge in [0.15, 0.2) is 11.5 Å². The molecule has 1 aromatic carbocycles. The molecule has 0 spiro atoms. The minimum atomic E-state index is -3.50. The van der Waals surface area contributed by atoms with Gasteiger partial charge in [0.1, 0.15) is 0 Å². The third-order valence-electron chi connectivity index (χ3n) is 5.11. The number of benzene rings is 1. The molecule has 2 fully saturated rings. The van der Waals surface area contributed by atoms with Crippen LogP contribution in [0.2, 0.25) is 0 Å². The second-order valence-corrected chi connectivity index (χ2v) is 8.33. The molecule has 1 heterocycles. The number of piperazine rings is 1. The minimum Gasteiger partial charge on any atom is -0.493 e. The Labute approximate surface area is 144 Å². The molecule has 7 heteroatoms. The molecular formula is C17H26N2O4S. The summed E-state index contributed by atoms with van der Waals surface area (Å²) in [6, 6.07) is 5.41. The van der Waals surface area contributed by atoms with Crippen LogP contribution in [0.1, 0.15) is 25.7 Å². The van der Waals surface area contributed by atoms with E-state index in [0.717, 1.165) is 13.1 Å². The average molecular weight is 354 g/mol. The fourth-order valence-electron chi connectivity index (χ4n) is 3.70. The lowest BCUT2D eigenvalue weighted by Gasteiger charge is -2.37.